The van der Waals surface area contributed by atoms with Gasteiger partial charge in [-0.05, 0) is 36.4 Å². The molecule has 0 spiro atoms. The molecular formula is C27H25F2NO5. The molecule has 0 saturated heterocycles. The standard InChI is InChI=1S/C27H25F2NO5/c1-27(2,14-34-3)25-23(18-6-5-7-19(24(18)31)26(32)33)17-10-8-15(28)12-21(17)30(25)16-9-11-20(29)22(13-16)35-4/h5-13,31H,14H2,1-4H3,(H,32,33). The van der Waals surface area contributed by atoms with E-state index in [2.05, 4.69) is 0 Å². The second kappa shape index (κ2) is 9.03. The summed E-state index contributed by atoms with van der Waals surface area (Å²) in [7, 11) is 2.91. The number of hydrogen-bond acceptors (Lipinski definition) is 4. The Labute approximate surface area is 201 Å². The predicted octanol–water partition coefficient (Wildman–Crippen LogP) is 5.91. The molecule has 35 heavy (non-hydrogen) atoms. The summed E-state index contributed by atoms with van der Waals surface area (Å²) in [4.78, 5) is 11.7. The number of fused-ring (bicyclic) bond motifs is 1. The van der Waals surface area contributed by atoms with Crippen molar-refractivity contribution >= 4 is 16.9 Å². The van der Waals surface area contributed by atoms with Gasteiger partial charge in [-0.15, -0.1) is 0 Å². The van der Waals surface area contributed by atoms with Gasteiger partial charge in [0.25, 0.3) is 0 Å². The third-order valence-corrected chi connectivity index (χ3v) is 6.01. The molecule has 8 heteroatoms. The van der Waals surface area contributed by atoms with Crippen molar-refractivity contribution < 1.29 is 33.3 Å². The van der Waals surface area contributed by atoms with Crippen LogP contribution in [0.1, 0.15) is 29.9 Å². The number of nitrogens with zero attached hydrogens (tertiary/aromatic N) is 1. The number of carboxylic acid groups (broad SMARTS) is 1. The summed E-state index contributed by atoms with van der Waals surface area (Å²) in [6.07, 6.45) is 0. The highest BCUT2D eigenvalue weighted by atomic mass is 19.1. The fourth-order valence-corrected chi connectivity index (χ4v) is 4.58. The van der Waals surface area contributed by atoms with Crippen LogP contribution in [0.5, 0.6) is 11.5 Å². The number of aromatic hydroxyl groups is 1. The number of ether oxygens (including phenoxy) is 2. The molecule has 0 amide bonds. The first-order valence-corrected chi connectivity index (χ1v) is 10.8. The van der Waals surface area contributed by atoms with E-state index in [0.29, 0.717) is 27.8 Å². The Morgan fingerprint density at radius 2 is 1.80 bits per heavy atom. The summed E-state index contributed by atoms with van der Waals surface area (Å²) in [5.41, 5.74) is 1.38. The van der Waals surface area contributed by atoms with Crippen molar-refractivity contribution in [2.24, 2.45) is 0 Å². The highest BCUT2D eigenvalue weighted by Gasteiger charge is 2.33. The first-order chi connectivity index (χ1) is 16.6. The first kappa shape index (κ1) is 24.2. The van der Waals surface area contributed by atoms with Crippen LogP contribution in [0.2, 0.25) is 0 Å². The van der Waals surface area contributed by atoms with E-state index in [1.807, 2.05) is 13.8 Å². The van der Waals surface area contributed by atoms with Crippen LogP contribution in [-0.4, -0.2) is 41.6 Å². The molecule has 6 nitrogen and oxygen atoms in total. The quantitative estimate of drug-likeness (QED) is 0.343. The van der Waals surface area contributed by atoms with E-state index in [1.165, 1.54) is 37.4 Å². The summed E-state index contributed by atoms with van der Waals surface area (Å²) in [5, 5.41) is 21.1. The fourth-order valence-electron chi connectivity index (χ4n) is 4.58. The molecule has 0 atom stereocenters. The van der Waals surface area contributed by atoms with Gasteiger partial charge in [-0.3, -0.25) is 0 Å². The minimum absolute atomic E-state index is 0.00789. The Morgan fingerprint density at radius 1 is 1.06 bits per heavy atom. The lowest BCUT2D eigenvalue weighted by Gasteiger charge is -2.28. The van der Waals surface area contributed by atoms with E-state index in [9.17, 15) is 23.8 Å². The molecule has 182 valence electrons. The van der Waals surface area contributed by atoms with Crippen molar-refractivity contribution in [3.05, 3.63) is 77.5 Å². The molecule has 4 aromatic rings. The molecule has 0 aliphatic carbocycles. The maximum atomic E-state index is 14.5. The summed E-state index contributed by atoms with van der Waals surface area (Å²) in [6.45, 7) is 4.08. The number of halogens is 2. The third kappa shape index (κ3) is 4.10. The molecule has 3 aromatic carbocycles. The Balaban J connectivity index is 2.22. The molecule has 0 fully saturated rings. The molecule has 0 aliphatic rings. The van der Waals surface area contributed by atoms with Gasteiger partial charge in [0, 0.05) is 46.5 Å². The zero-order chi connectivity index (χ0) is 25.5. The predicted molar refractivity (Wildman–Crippen MR) is 129 cm³/mol. The summed E-state index contributed by atoms with van der Waals surface area (Å²) < 4.78 is 41.2. The van der Waals surface area contributed by atoms with Crippen LogP contribution in [0, 0.1) is 11.6 Å². The SMILES string of the molecule is COCC(C)(C)c1c(-c2cccc(C(=O)O)c2O)c2ccc(F)cc2n1-c1ccc(F)c(OC)c1. The largest absolute Gasteiger partial charge is 0.506 e. The van der Waals surface area contributed by atoms with Crippen LogP contribution >= 0.6 is 0 Å². The third-order valence-electron chi connectivity index (χ3n) is 6.01. The first-order valence-electron chi connectivity index (χ1n) is 10.8. The van der Waals surface area contributed by atoms with E-state index in [4.69, 9.17) is 9.47 Å². The molecule has 0 radical (unpaired) electrons. The van der Waals surface area contributed by atoms with Crippen molar-refractivity contribution in [2.75, 3.05) is 20.8 Å². The fraction of sp³-hybridized carbons (Fsp3) is 0.222. The summed E-state index contributed by atoms with van der Waals surface area (Å²) in [6, 6.07) is 13.0. The number of methoxy groups -OCH3 is 2. The van der Waals surface area contributed by atoms with Gasteiger partial charge in [0.15, 0.2) is 11.6 Å². The average Bonchev–Trinajstić information content (AvgIpc) is 3.14. The van der Waals surface area contributed by atoms with Crippen molar-refractivity contribution in [3.63, 3.8) is 0 Å². The zero-order valence-electron chi connectivity index (χ0n) is 19.7. The van der Waals surface area contributed by atoms with Crippen molar-refractivity contribution in [1.29, 1.82) is 0 Å². The molecule has 0 unspecified atom stereocenters. The molecule has 1 aromatic heterocycles. The smallest absolute Gasteiger partial charge is 0.339 e. The van der Waals surface area contributed by atoms with Crippen LogP contribution in [0.3, 0.4) is 0 Å². The van der Waals surface area contributed by atoms with Gasteiger partial charge in [-0.1, -0.05) is 26.0 Å². The van der Waals surface area contributed by atoms with Gasteiger partial charge in [-0.2, -0.15) is 0 Å². The Hall–Kier alpha value is -3.91. The minimum atomic E-state index is -1.28. The van der Waals surface area contributed by atoms with Crippen LogP contribution in [0.15, 0.2) is 54.6 Å². The van der Waals surface area contributed by atoms with Gasteiger partial charge < -0.3 is 24.3 Å². The lowest BCUT2D eigenvalue weighted by molar-refractivity contribution is 0.0694. The summed E-state index contributed by atoms with van der Waals surface area (Å²) >= 11 is 0. The number of para-hydroxylation sites is 1. The second-order valence-electron chi connectivity index (χ2n) is 8.86. The average molecular weight is 481 g/mol. The number of rotatable bonds is 7. The Morgan fingerprint density at radius 3 is 2.46 bits per heavy atom. The van der Waals surface area contributed by atoms with Gasteiger partial charge in [0.2, 0.25) is 0 Å². The molecule has 0 saturated carbocycles. The lowest BCUT2D eigenvalue weighted by Crippen LogP contribution is -2.27. The van der Waals surface area contributed by atoms with E-state index < -0.39 is 28.8 Å². The van der Waals surface area contributed by atoms with Crippen LogP contribution in [-0.2, 0) is 10.2 Å². The van der Waals surface area contributed by atoms with E-state index >= 15 is 0 Å². The molecular weight excluding hydrogens is 456 g/mol. The Bertz CT molecular complexity index is 1440. The number of carbonyl (C=O) groups is 1. The molecule has 2 N–H and O–H groups in total. The van der Waals surface area contributed by atoms with Gasteiger partial charge in [0.1, 0.15) is 17.1 Å². The lowest BCUT2D eigenvalue weighted by atomic mass is 9.84. The van der Waals surface area contributed by atoms with Crippen LogP contribution in [0.4, 0.5) is 8.78 Å². The molecule has 4 rings (SSSR count). The minimum Gasteiger partial charge on any atom is -0.506 e. The number of hydrogen-bond donors (Lipinski definition) is 2. The van der Waals surface area contributed by atoms with Crippen molar-refractivity contribution in [1.82, 2.24) is 4.57 Å². The van der Waals surface area contributed by atoms with E-state index in [0.717, 1.165) is 0 Å². The maximum absolute atomic E-state index is 14.5. The topological polar surface area (TPSA) is 80.9 Å². The van der Waals surface area contributed by atoms with Crippen LogP contribution < -0.4 is 4.74 Å². The molecule has 0 bridgehead atoms. The zero-order valence-corrected chi connectivity index (χ0v) is 19.7. The van der Waals surface area contributed by atoms with Crippen LogP contribution in [0.25, 0.3) is 27.7 Å². The highest BCUT2D eigenvalue weighted by Crippen LogP contribution is 2.46. The number of aromatic carboxylic acids is 1. The molecule has 0 aliphatic heterocycles. The Kier molecular flexibility index (Phi) is 6.25. The maximum Gasteiger partial charge on any atom is 0.339 e. The van der Waals surface area contributed by atoms with E-state index in [-0.39, 0.29) is 23.5 Å². The monoisotopic (exact) mass is 481 g/mol. The van der Waals surface area contributed by atoms with Crippen molar-refractivity contribution in [3.8, 4) is 28.3 Å². The number of carboxylic acids is 1. The summed E-state index contributed by atoms with van der Waals surface area (Å²) in [5.74, 6) is -2.72. The number of aromatic nitrogens is 1. The highest BCUT2D eigenvalue weighted by molar-refractivity contribution is 6.03. The number of phenols is 1. The molecule has 1 heterocycles. The normalized spacial score (nSPS) is 11.7. The second-order valence-corrected chi connectivity index (χ2v) is 8.86. The number of benzene rings is 3. The van der Waals surface area contributed by atoms with E-state index in [1.54, 1.807) is 35.9 Å². The van der Waals surface area contributed by atoms with Gasteiger partial charge >= 0.3 is 5.97 Å². The van der Waals surface area contributed by atoms with Crippen molar-refractivity contribution in [2.45, 2.75) is 19.3 Å². The van der Waals surface area contributed by atoms with Gasteiger partial charge in [-0.25, -0.2) is 13.6 Å². The van der Waals surface area contributed by atoms with Gasteiger partial charge in [0.05, 0.1) is 19.2 Å².